The third-order valence-corrected chi connectivity index (χ3v) is 4.60. The lowest BCUT2D eigenvalue weighted by atomic mass is 9.92. The number of carbonyl (C=O) groups is 3. The number of para-hydroxylation sites is 1. The minimum Gasteiger partial charge on any atom is -0.319 e. The van der Waals surface area contributed by atoms with Crippen molar-refractivity contribution in [3.63, 3.8) is 0 Å². The van der Waals surface area contributed by atoms with Crippen LogP contribution in [0, 0.1) is 0 Å². The monoisotopic (exact) mass is 363 g/mol. The number of carbonyl (C=O) groups excluding carboxylic acids is 3. The van der Waals surface area contributed by atoms with Crippen molar-refractivity contribution in [3.8, 4) is 0 Å². The van der Waals surface area contributed by atoms with Crippen molar-refractivity contribution in [2.75, 3.05) is 18.0 Å². The van der Waals surface area contributed by atoms with Crippen LogP contribution >= 0.6 is 0 Å². The number of imide groups is 1. The van der Waals surface area contributed by atoms with Crippen LogP contribution in [0.1, 0.15) is 12.5 Å². The molecular formula is C21H21N3O3. The van der Waals surface area contributed by atoms with Crippen molar-refractivity contribution in [2.45, 2.75) is 12.5 Å². The molecule has 0 bridgehead atoms. The first kappa shape index (κ1) is 18.4. The molecule has 0 radical (unpaired) electrons. The van der Waals surface area contributed by atoms with Gasteiger partial charge in [-0.15, -0.1) is 6.58 Å². The van der Waals surface area contributed by atoms with Gasteiger partial charge in [-0.05, 0) is 24.6 Å². The predicted octanol–water partition coefficient (Wildman–Crippen LogP) is 2.67. The number of nitrogens with one attached hydrogen (secondary N) is 1. The first-order chi connectivity index (χ1) is 13.0. The molecule has 1 N–H and O–H groups in total. The zero-order chi connectivity index (χ0) is 19.4. The van der Waals surface area contributed by atoms with E-state index in [9.17, 15) is 14.4 Å². The number of rotatable bonds is 6. The second-order valence-corrected chi connectivity index (χ2v) is 6.44. The SMILES string of the molecule is C=CCN(C(=O)CN1C(=O)NC(C)(c2ccccc2)C1=O)c1ccccc1. The van der Waals surface area contributed by atoms with Gasteiger partial charge in [-0.25, -0.2) is 4.79 Å². The fourth-order valence-corrected chi connectivity index (χ4v) is 3.12. The van der Waals surface area contributed by atoms with Crippen molar-refractivity contribution in [1.82, 2.24) is 10.2 Å². The molecule has 138 valence electrons. The number of amides is 4. The van der Waals surface area contributed by atoms with Crippen LogP contribution in [0.25, 0.3) is 0 Å². The number of benzene rings is 2. The summed E-state index contributed by atoms with van der Waals surface area (Å²) in [5, 5.41) is 2.71. The van der Waals surface area contributed by atoms with Crippen LogP contribution < -0.4 is 10.2 Å². The molecule has 1 unspecified atom stereocenters. The standard InChI is InChI=1S/C21H21N3O3/c1-3-14-23(17-12-8-5-9-13-17)18(25)15-24-19(26)21(2,22-20(24)27)16-10-6-4-7-11-16/h3-13H,1,14-15H2,2H3,(H,22,27). The van der Waals surface area contributed by atoms with Crippen LogP contribution in [0.3, 0.4) is 0 Å². The summed E-state index contributed by atoms with van der Waals surface area (Å²) >= 11 is 0. The van der Waals surface area contributed by atoms with Gasteiger partial charge < -0.3 is 10.2 Å². The van der Waals surface area contributed by atoms with E-state index in [2.05, 4.69) is 11.9 Å². The first-order valence-corrected chi connectivity index (χ1v) is 8.63. The Kier molecular flexibility index (Phi) is 5.07. The van der Waals surface area contributed by atoms with E-state index in [0.717, 1.165) is 4.90 Å². The molecule has 6 nitrogen and oxygen atoms in total. The molecule has 2 aromatic carbocycles. The number of anilines is 1. The molecule has 1 heterocycles. The fourth-order valence-electron chi connectivity index (χ4n) is 3.12. The van der Waals surface area contributed by atoms with E-state index in [-0.39, 0.29) is 19.0 Å². The van der Waals surface area contributed by atoms with Gasteiger partial charge in [-0.1, -0.05) is 54.6 Å². The molecule has 1 aliphatic heterocycles. The van der Waals surface area contributed by atoms with Gasteiger partial charge in [0.25, 0.3) is 5.91 Å². The summed E-state index contributed by atoms with van der Waals surface area (Å²) in [6, 6.07) is 17.5. The average Bonchev–Trinajstić information content (AvgIpc) is 2.91. The smallest absolute Gasteiger partial charge is 0.319 e. The average molecular weight is 363 g/mol. The summed E-state index contributed by atoms with van der Waals surface area (Å²) in [4.78, 5) is 40.7. The Morgan fingerprint density at radius 3 is 2.30 bits per heavy atom. The molecule has 0 saturated carbocycles. The van der Waals surface area contributed by atoms with Crippen LogP contribution in [0.5, 0.6) is 0 Å². The molecule has 2 aromatic rings. The Labute approximate surface area is 158 Å². The lowest BCUT2D eigenvalue weighted by Gasteiger charge is -2.24. The molecule has 1 atom stereocenters. The highest BCUT2D eigenvalue weighted by Crippen LogP contribution is 2.28. The van der Waals surface area contributed by atoms with E-state index in [1.54, 1.807) is 49.4 Å². The topological polar surface area (TPSA) is 69.7 Å². The first-order valence-electron chi connectivity index (χ1n) is 8.63. The van der Waals surface area contributed by atoms with Crippen molar-refractivity contribution >= 4 is 23.5 Å². The summed E-state index contributed by atoms with van der Waals surface area (Å²) < 4.78 is 0. The Morgan fingerprint density at radius 1 is 1.11 bits per heavy atom. The molecule has 4 amide bonds. The summed E-state index contributed by atoms with van der Waals surface area (Å²) in [7, 11) is 0. The second-order valence-electron chi connectivity index (χ2n) is 6.44. The maximum atomic E-state index is 12.9. The molecule has 1 saturated heterocycles. The van der Waals surface area contributed by atoms with Crippen molar-refractivity contribution < 1.29 is 14.4 Å². The van der Waals surface area contributed by atoms with Crippen molar-refractivity contribution in [3.05, 3.63) is 78.9 Å². The molecule has 3 rings (SSSR count). The van der Waals surface area contributed by atoms with E-state index in [1.165, 1.54) is 4.90 Å². The van der Waals surface area contributed by atoms with E-state index >= 15 is 0 Å². The summed E-state index contributed by atoms with van der Waals surface area (Å²) in [5.74, 6) is -0.805. The Hall–Kier alpha value is -3.41. The van der Waals surface area contributed by atoms with E-state index in [1.807, 2.05) is 24.3 Å². The molecule has 27 heavy (non-hydrogen) atoms. The van der Waals surface area contributed by atoms with Crippen LogP contribution in [0.15, 0.2) is 73.3 Å². The lowest BCUT2D eigenvalue weighted by Crippen LogP contribution is -2.44. The number of nitrogens with zero attached hydrogens (tertiary/aromatic N) is 2. The molecular weight excluding hydrogens is 342 g/mol. The number of urea groups is 1. The molecule has 0 aliphatic carbocycles. The maximum absolute atomic E-state index is 12.9. The highest BCUT2D eigenvalue weighted by Gasteiger charge is 2.49. The van der Waals surface area contributed by atoms with E-state index < -0.39 is 17.5 Å². The summed E-state index contributed by atoms with van der Waals surface area (Å²) in [6.07, 6.45) is 1.60. The van der Waals surface area contributed by atoms with Gasteiger partial charge in [0.05, 0.1) is 0 Å². The van der Waals surface area contributed by atoms with Gasteiger partial charge in [-0.3, -0.25) is 14.5 Å². The van der Waals surface area contributed by atoms with Crippen LogP contribution in [-0.2, 0) is 15.1 Å². The Morgan fingerprint density at radius 2 is 1.70 bits per heavy atom. The number of hydrogen-bond donors (Lipinski definition) is 1. The third-order valence-electron chi connectivity index (χ3n) is 4.60. The Balaban J connectivity index is 1.82. The van der Waals surface area contributed by atoms with E-state index in [0.29, 0.717) is 11.3 Å². The third kappa shape index (κ3) is 3.46. The normalized spacial score (nSPS) is 18.9. The fraction of sp³-hybridized carbons (Fsp3) is 0.190. The highest BCUT2D eigenvalue weighted by atomic mass is 16.2. The van der Waals surface area contributed by atoms with Gasteiger partial charge in [-0.2, -0.15) is 0 Å². The zero-order valence-corrected chi connectivity index (χ0v) is 15.1. The van der Waals surface area contributed by atoms with Gasteiger partial charge in [0.15, 0.2) is 0 Å². The quantitative estimate of drug-likeness (QED) is 0.634. The van der Waals surface area contributed by atoms with Gasteiger partial charge in [0.1, 0.15) is 12.1 Å². The Bertz CT molecular complexity index is 867. The van der Waals surface area contributed by atoms with Crippen molar-refractivity contribution in [2.24, 2.45) is 0 Å². The summed E-state index contributed by atoms with van der Waals surface area (Å²) in [5.41, 5.74) is 0.166. The molecule has 0 spiro atoms. The largest absolute Gasteiger partial charge is 0.325 e. The van der Waals surface area contributed by atoms with Gasteiger partial charge in [0, 0.05) is 12.2 Å². The van der Waals surface area contributed by atoms with Crippen LogP contribution in [0.4, 0.5) is 10.5 Å². The second kappa shape index (κ2) is 7.45. The molecule has 0 aromatic heterocycles. The number of hydrogen-bond acceptors (Lipinski definition) is 3. The molecule has 1 aliphatic rings. The lowest BCUT2D eigenvalue weighted by molar-refractivity contribution is -0.134. The molecule has 6 heteroatoms. The van der Waals surface area contributed by atoms with Gasteiger partial charge in [0.2, 0.25) is 5.91 Å². The highest BCUT2D eigenvalue weighted by molar-refractivity contribution is 6.10. The van der Waals surface area contributed by atoms with Crippen molar-refractivity contribution in [1.29, 1.82) is 0 Å². The van der Waals surface area contributed by atoms with Crippen LogP contribution in [0.2, 0.25) is 0 Å². The molecule has 1 fully saturated rings. The predicted molar refractivity (Wildman–Crippen MR) is 103 cm³/mol. The summed E-state index contributed by atoms with van der Waals surface area (Å²) in [6.45, 7) is 5.27. The van der Waals surface area contributed by atoms with Gasteiger partial charge >= 0.3 is 6.03 Å². The van der Waals surface area contributed by atoms with E-state index in [4.69, 9.17) is 0 Å². The van der Waals surface area contributed by atoms with Crippen LogP contribution in [-0.4, -0.2) is 35.8 Å². The zero-order valence-electron chi connectivity index (χ0n) is 15.1. The maximum Gasteiger partial charge on any atom is 0.325 e. The minimum absolute atomic E-state index is 0.280. The minimum atomic E-state index is -1.19.